The quantitative estimate of drug-likeness (QED) is 0.450. The first kappa shape index (κ1) is 16.7. The molecule has 2 radical (unpaired) electrons. The van der Waals surface area contributed by atoms with Gasteiger partial charge in [0, 0.05) is 0 Å². The van der Waals surface area contributed by atoms with Gasteiger partial charge >= 0.3 is 68.4 Å². The van der Waals surface area contributed by atoms with E-state index in [0.29, 0.717) is 22.5 Å². The molecule has 4 heteroatoms. The molecule has 0 spiro atoms. The second kappa shape index (κ2) is 20.0. The fraction of sp³-hybridized carbons (Fsp3) is 0. The van der Waals surface area contributed by atoms with Crippen molar-refractivity contribution in [3.8, 4) is 0 Å². The van der Waals surface area contributed by atoms with Crippen LogP contribution in [0.1, 0.15) is 2.85 Å². The first-order chi connectivity index (χ1) is 1.00. The monoisotopic (exact) mass is 234 g/mol. The third kappa shape index (κ3) is 9.00. The third-order valence-electron chi connectivity index (χ3n) is 0. The van der Waals surface area contributed by atoms with Crippen LogP contribution in [0.2, 0.25) is 0 Å². The van der Waals surface area contributed by atoms with E-state index in [1.807, 2.05) is 0 Å². The number of rotatable bonds is 0. The predicted molar refractivity (Wildman–Crippen MR) is 24.4 cm³/mol. The van der Waals surface area contributed by atoms with Gasteiger partial charge in [-0.05, 0) is 0 Å². The molecule has 0 rings (SSSR count). The molecule has 1 nitrogen and oxygen atoms in total. The Morgan fingerprint density at radius 1 is 1.50 bits per heavy atom. The van der Waals surface area contributed by atoms with Crippen LogP contribution in [0, 0.1) is 0 Å². The van der Waals surface area contributed by atoms with E-state index in [9.17, 15) is 0 Å². The summed E-state index contributed by atoms with van der Waals surface area (Å²) >= 11 is 0.300. The van der Waals surface area contributed by atoms with E-state index < -0.39 is 0 Å². The Labute approximate surface area is 70.6 Å². The van der Waals surface area contributed by atoms with Crippen LogP contribution < -0.4 is 0 Å². The van der Waals surface area contributed by atoms with Crippen molar-refractivity contribution in [1.82, 2.24) is 0 Å². The topological polar surface area (TPSA) is 17.1 Å². The molecule has 4 heavy (non-hydrogen) atoms. The van der Waals surface area contributed by atoms with Crippen molar-refractivity contribution in [2.75, 3.05) is 0 Å². The standard InChI is InChI=1S/Ga.Mg.O.Sn.5H/q;+2;;;;;;2*-1. The van der Waals surface area contributed by atoms with Crippen LogP contribution in [-0.4, -0.2) is 65.4 Å². The van der Waals surface area contributed by atoms with E-state index in [1.54, 1.807) is 0 Å². The fourth-order valence-corrected chi connectivity index (χ4v) is 0. The molecule has 0 aliphatic rings. The molecule has 0 bridgehead atoms. The summed E-state index contributed by atoms with van der Waals surface area (Å²) in [5, 5.41) is 0. The normalized spacial score (nSPS) is 1.00. The van der Waals surface area contributed by atoms with Gasteiger partial charge in [0.25, 0.3) is 0 Å². The van der Waals surface area contributed by atoms with E-state index >= 15 is 0 Å². The zero-order chi connectivity index (χ0) is 2.00. The summed E-state index contributed by atoms with van der Waals surface area (Å²) < 4.78 is 8.34. The molecule has 0 N–H and O–H groups in total. The molecule has 20 valence electrons. The second-order valence-corrected chi connectivity index (χ2v) is 0. The van der Waals surface area contributed by atoms with Crippen molar-refractivity contribution in [2.45, 2.75) is 0 Å². The maximum atomic E-state index is 8.34. The van der Waals surface area contributed by atoms with E-state index in [-0.39, 0.29) is 45.7 Å². The molecule has 0 aromatic heterocycles. The Morgan fingerprint density at radius 2 is 1.50 bits per heavy atom. The van der Waals surface area contributed by atoms with Gasteiger partial charge in [-0.1, -0.05) is 0 Å². The van der Waals surface area contributed by atoms with Crippen molar-refractivity contribution in [2.24, 2.45) is 0 Å². The van der Waals surface area contributed by atoms with Gasteiger partial charge in [-0.15, -0.1) is 0 Å². The summed E-state index contributed by atoms with van der Waals surface area (Å²) in [6, 6.07) is 0. The average Bonchev–Trinajstić information content (AvgIpc) is 1.00. The molecule has 0 aromatic rings. The zero-order valence-electron chi connectivity index (χ0n) is 3.62. The van der Waals surface area contributed by atoms with Gasteiger partial charge in [0.05, 0.1) is 0 Å². The fourth-order valence-electron chi connectivity index (χ4n) is 0. The third-order valence-corrected chi connectivity index (χ3v) is 0. The summed E-state index contributed by atoms with van der Waals surface area (Å²) in [4.78, 5) is 0. The Morgan fingerprint density at radius 3 is 1.50 bits per heavy atom. The van der Waals surface area contributed by atoms with Crippen molar-refractivity contribution in [3.05, 3.63) is 0 Å². The van der Waals surface area contributed by atoms with E-state index in [2.05, 4.69) is 0 Å². The number of hydrogen-bond acceptors (Lipinski definition) is 1. The van der Waals surface area contributed by atoms with E-state index in [4.69, 9.17) is 3.08 Å². The summed E-state index contributed by atoms with van der Waals surface area (Å²) in [7, 11) is 0. The maximum absolute atomic E-state index is 8.34. The minimum atomic E-state index is 0. The van der Waals surface area contributed by atoms with Gasteiger partial charge in [-0.3, -0.25) is 0 Å². The Kier molecular flexibility index (Phi) is 83.3. The molecule has 0 heterocycles. The summed E-state index contributed by atoms with van der Waals surface area (Å²) in [5.74, 6) is 0. The van der Waals surface area contributed by atoms with Crippen molar-refractivity contribution < 1.29 is 5.93 Å². The van der Waals surface area contributed by atoms with Crippen LogP contribution in [0.15, 0.2) is 0 Å². The molecular formula is H5GaMgOSn. The minimum absolute atomic E-state index is 0. The van der Waals surface area contributed by atoms with E-state index in [0.717, 1.165) is 0 Å². The van der Waals surface area contributed by atoms with Crippen LogP contribution in [0.5, 0.6) is 0 Å². The van der Waals surface area contributed by atoms with E-state index in [1.165, 1.54) is 0 Å². The SMILES string of the molecule is [GaH3].[H-].[H-].[Mg+2].[O]=[Sn]. The molecule has 0 aliphatic carbocycles. The first-order valence-corrected chi connectivity index (χ1v) is 1.37. The van der Waals surface area contributed by atoms with Gasteiger partial charge in [-0.2, -0.15) is 0 Å². The van der Waals surface area contributed by atoms with Crippen LogP contribution in [0.25, 0.3) is 0 Å². The predicted octanol–water partition coefficient (Wildman–Crippen LogP) is -1.84. The Balaban J connectivity index is -0.000000000833. The van der Waals surface area contributed by atoms with Crippen LogP contribution in [0.4, 0.5) is 0 Å². The average molecular weight is 234 g/mol. The second-order valence-electron chi connectivity index (χ2n) is 0. The van der Waals surface area contributed by atoms with Crippen LogP contribution in [0.3, 0.4) is 0 Å². The summed E-state index contributed by atoms with van der Waals surface area (Å²) in [6.45, 7) is 0. The molecule has 0 saturated heterocycles. The summed E-state index contributed by atoms with van der Waals surface area (Å²) in [5.41, 5.74) is 0. The molecule has 0 amide bonds. The molecule has 0 aromatic carbocycles. The van der Waals surface area contributed by atoms with Gasteiger partial charge in [0.15, 0.2) is 0 Å². The van der Waals surface area contributed by atoms with Crippen LogP contribution in [-0.2, 0) is 3.08 Å². The van der Waals surface area contributed by atoms with Gasteiger partial charge in [0.1, 0.15) is 0 Å². The van der Waals surface area contributed by atoms with Gasteiger partial charge in [-0.25, -0.2) is 0 Å². The van der Waals surface area contributed by atoms with Crippen molar-refractivity contribution >= 4 is 65.4 Å². The molecular weight excluding hydrogens is 229 g/mol. The summed E-state index contributed by atoms with van der Waals surface area (Å²) in [6.07, 6.45) is 0. The Bertz CT molecular complexity index is 13.5. The molecule has 0 unspecified atom stereocenters. The number of hydrogen-bond donors (Lipinski definition) is 0. The van der Waals surface area contributed by atoms with Crippen LogP contribution >= 0.6 is 0 Å². The van der Waals surface area contributed by atoms with Crippen molar-refractivity contribution in [3.63, 3.8) is 0 Å². The molecule has 0 fully saturated rings. The zero-order valence-corrected chi connectivity index (χ0v) is 5.88. The molecule has 0 saturated carbocycles. The van der Waals surface area contributed by atoms with Gasteiger partial charge in [0.2, 0.25) is 0 Å². The molecule has 0 atom stereocenters. The first-order valence-electron chi connectivity index (χ1n) is 0.204. The Hall–Kier alpha value is 2.00. The van der Waals surface area contributed by atoms with Crippen molar-refractivity contribution in [1.29, 1.82) is 0 Å². The molecule has 0 aliphatic heterocycles. The van der Waals surface area contributed by atoms with Gasteiger partial charge < -0.3 is 2.85 Å².